The lowest BCUT2D eigenvalue weighted by molar-refractivity contribution is 0.0992. The topological polar surface area (TPSA) is 42.9 Å². The van der Waals surface area contributed by atoms with Crippen LogP contribution in [0.4, 0.5) is 0 Å². The standard InChI is InChI=1S/C12H9ClN2O/c13-12-3-1-2-10(15-12)8-11(16)9-4-6-14-7-5-9/h1-7H,8H2. The predicted molar refractivity (Wildman–Crippen MR) is 61.5 cm³/mol. The first-order valence-corrected chi connectivity index (χ1v) is 5.18. The minimum absolute atomic E-state index is 0.0113. The molecule has 0 radical (unpaired) electrons. The molecule has 4 heteroatoms. The van der Waals surface area contributed by atoms with E-state index in [0.717, 1.165) is 0 Å². The second-order valence-corrected chi connectivity index (χ2v) is 3.67. The zero-order valence-electron chi connectivity index (χ0n) is 8.43. The van der Waals surface area contributed by atoms with Crippen LogP contribution in [0.3, 0.4) is 0 Å². The van der Waals surface area contributed by atoms with E-state index in [9.17, 15) is 4.79 Å². The number of nitrogens with zero attached hydrogens (tertiary/aromatic N) is 2. The number of hydrogen-bond acceptors (Lipinski definition) is 3. The summed E-state index contributed by atoms with van der Waals surface area (Å²) in [6.07, 6.45) is 3.45. The quantitative estimate of drug-likeness (QED) is 0.603. The molecular weight excluding hydrogens is 224 g/mol. The average molecular weight is 233 g/mol. The molecule has 0 aliphatic heterocycles. The maximum absolute atomic E-state index is 11.8. The van der Waals surface area contributed by atoms with E-state index in [4.69, 9.17) is 11.6 Å². The average Bonchev–Trinajstić information content (AvgIpc) is 2.30. The molecule has 80 valence electrons. The van der Waals surface area contributed by atoms with Gasteiger partial charge < -0.3 is 0 Å². The number of ketones is 1. The van der Waals surface area contributed by atoms with Crippen LogP contribution < -0.4 is 0 Å². The summed E-state index contributed by atoms with van der Waals surface area (Å²) in [4.78, 5) is 19.7. The third kappa shape index (κ3) is 2.64. The van der Waals surface area contributed by atoms with Crippen LogP contribution >= 0.6 is 11.6 Å². The molecule has 0 unspecified atom stereocenters. The molecule has 2 heterocycles. The van der Waals surface area contributed by atoms with Crippen molar-refractivity contribution in [3.63, 3.8) is 0 Å². The molecule has 0 spiro atoms. The van der Waals surface area contributed by atoms with Crippen molar-refractivity contribution in [2.75, 3.05) is 0 Å². The molecule has 0 aromatic carbocycles. The van der Waals surface area contributed by atoms with Gasteiger partial charge in [-0.2, -0.15) is 0 Å². The normalized spacial score (nSPS) is 10.1. The Morgan fingerprint density at radius 1 is 1.19 bits per heavy atom. The Kier molecular flexibility index (Phi) is 3.27. The van der Waals surface area contributed by atoms with E-state index in [-0.39, 0.29) is 12.2 Å². The summed E-state index contributed by atoms with van der Waals surface area (Å²) >= 11 is 5.74. The van der Waals surface area contributed by atoms with Gasteiger partial charge in [-0.25, -0.2) is 4.98 Å². The highest BCUT2D eigenvalue weighted by Crippen LogP contribution is 2.08. The van der Waals surface area contributed by atoms with Crippen LogP contribution in [0.1, 0.15) is 16.1 Å². The molecule has 0 saturated carbocycles. The van der Waals surface area contributed by atoms with Crippen molar-refractivity contribution in [1.29, 1.82) is 0 Å². The number of pyridine rings is 2. The van der Waals surface area contributed by atoms with Crippen LogP contribution in [0.5, 0.6) is 0 Å². The number of aromatic nitrogens is 2. The second kappa shape index (κ2) is 4.86. The van der Waals surface area contributed by atoms with E-state index in [0.29, 0.717) is 16.4 Å². The molecule has 0 bridgehead atoms. The fourth-order valence-electron chi connectivity index (χ4n) is 1.35. The Hall–Kier alpha value is -1.74. The lowest BCUT2D eigenvalue weighted by Gasteiger charge is -2.00. The summed E-state index contributed by atoms with van der Waals surface area (Å²) in [6.45, 7) is 0. The molecule has 2 rings (SSSR count). The van der Waals surface area contributed by atoms with Gasteiger partial charge in [0.25, 0.3) is 0 Å². The molecule has 0 saturated heterocycles. The molecule has 0 atom stereocenters. The smallest absolute Gasteiger partial charge is 0.168 e. The van der Waals surface area contributed by atoms with Crippen LogP contribution in [0, 0.1) is 0 Å². The van der Waals surface area contributed by atoms with Crippen LogP contribution in [-0.4, -0.2) is 15.8 Å². The number of Topliss-reactive ketones (excluding diaryl/α,β-unsaturated/α-hetero) is 1. The highest BCUT2D eigenvalue weighted by atomic mass is 35.5. The van der Waals surface area contributed by atoms with Crippen molar-refractivity contribution in [3.8, 4) is 0 Å². The summed E-state index contributed by atoms with van der Waals surface area (Å²) < 4.78 is 0. The van der Waals surface area contributed by atoms with E-state index >= 15 is 0 Å². The van der Waals surface area contributed by atoms with Crippen molar-refractivity contribution >= 4 is 17.4 Å². The fourth-order valence-corrected chi connectivity index (χ4v) is 1.53. The molecule has 0 aliphatic rings. The molecule has 2 aromatic heterocycles. The Labute approximate surface area is 98.1 Å². The molecule has 3 nitrogen and oxygen atoms in total. The number of hydrogen-bond donors (Lipinski definition) is 0. The van der Waals surface area contributed by atoms with Gasteiger partial charge in [0, 0.05) is 23.7 Å². The third-order valence-corrected chi connectivity index (χ3v) is 2.33. The number of carbonyl (C=O) groups is 1. The molecule has 16 heavy (non-hydrogen) atoms. The molecule has 0 N–H and O–H groups in total. The van der Waals surface area contributed by atoms with Crippen molar-refractivity contribution < 1.29 is 4.79 Å². The first kappa shape index (κ1) is 10.8. The van der Waals surface area contributed by atoms with E-state index in [1.54, 1.807) is 42.7 Å². The SMILES string of the molecule is O=C(Cc1cccc(Cl)n1)c1ccncc1. The van der Waals surface area contributed by atoms with Gasteiger partial charge in [-0.15, -0.1) is 0 Å². The number of rotatable bonds is 3. The first-order chi connectivity index (χ1) is 7.75. The second-order valence-electron chi connectivity index (χ2n) is 3.29. The summed E-state index contributed by atoms with van der Waals surface area (Å²) in [6, 6.07) is 8.62. The van der Waals surface area contributed by atoms with Crippen LogP contribution in [-0.2, 0) is 6.42 Å². The molecule has 0 fully saturated rings. The van der Waals surface area contributed by atoms with Crippen LogP contribution in [0.15, 0.2) is 42.7 Å². The molecule has 0 aliphatic carbocycles. The lowest BCUT2D eigenvalue weighted by atomic mass is 10.1. The van der Waals surface area contributed by atoms with E-state index in [2.05, 4.69) is 9.97 Å². The molecular formula is C12H9ClN2O. The van der Waals surface area contributed by atoms with Gasteiger partial charge in [0.15, 0.2) is 5.78 Å². The largest absolute Gasteiger partial charge is 0.294 e. The monoisotopic (exact) mass is 232 g/mol. The maximum Gasteiger partial charge on any atom is 0.168 e. The minimum atomic E-state index is 0.0113. The van der Waals surface area contributed by atoms with Crippen molar-refractivity contribution in [3.05, 3.63) is 59.1 Å². The number of carbonyl (C=O) groups excluding carboxylic acids is 1. The molecule has 0 amide bonds. The van der Waals surface area contributed by atoms with Gasteiger partial charge >= 0.3 is 0 Å². The van der Waals surface area contributed by atoms with Gasteiger partial charge in [-0.05, 0) is 24.3 Å². The highest BCUT2D eigenvalue weighted by Gasteiger charge is 2.07. The first-order valence-electron chi connectivity index (χ1n) is 4.80. The Bertz CT molecular complexity index is 499. The Morgan fingerprint density at radius 3 is 2.62 bits per heavy atom. The van der Waals surface area contributed by atoms with E-state index < -0.39 is 0 Å². The summed E-state index contributed by atoms with van der Waals surface area (Å²) in [5.74, 6) is 0.0113. The third-order valence-electron chi connectivity index (χ3n) is 2.12. The van der Waals surface area contributed by atoms with E-state index in [1.165, 1.54) is 0 Å². The minimum Gasteiger partial charge on any atom is -0.294 e. The lowest BCUT2D eigenvalue weighted by Crippen LogP contribution is -2.04. The van der Waals surface area contributed by atoms with Gasteiger partial charge in [0.05, 0.1) is 6.42 Å². The van der Waals surface area contributed by atoms with E-state index in [1.807, 2.05) is 0 Å². The van der Waals surface area contributed by atoms with Gasteiger partial charge in [-0.1, -0.05) is 17.7 Å². The highest BCUT2D eigenvalue weighted by molar-refractivity contribution is 6.29. The number of halogens is 1. The van der Waals surface area contributed by atoms with Crippen molar-refractivity contribution in [2.45, 2.75) is 6.42 Å². The zero-order chi connectivity index (χ0) is 11.4. The van der Waals surface area contributed by atoms with Gasteiger partial charge in [-0.3, -0.25) is 9.78 Å². The maximum atomic E-state index is 11.8. The Morgan fingerprint density at radius 2 is 1.94 bits per heavy atom. The van der Waals surface area contributed by atoms with Gasteiger partial charge in [0.1, 0.15) is 5.15 Å². The predicted octanol–water partition coefficient (Wildman–Crippen LogP) is 2.56. The summed E-state index contributed by atoms with van der Waals surface area (Å²) in [5.41, 5.74) is 1.31. The van der Waals surface area contributed by atoms with Crippen LogP contribution in [0.25, 0.3) is 0 Å². The van der Waals surface area contributed by atoms with Crippen LogP contribution in [0.2, 0.25) is 5.15 Å². The summed E-state index contributed by atoms with van der Waals surface area (Å²) in [5, 5.41) is 0.403. The molecule has 2 aromatic rings. The zero-order valence-corrected chi connectivity index (χ0v) is 9.19. The van der Waals surface area contributed by atoms with Crippen molar-refractivity contribution in [2.24, 2.45) is 0 Å². The summed E-state index contributed by atoms with van der Waals surface area (Å²) in [7, 11) is 0. The van der Waals surface area contributed by atoms with Gasteiger partial charge in [0.2, 0.25) is 0 Å². The fraction of sp³-hybridized carbons (Fsp3) is 0.0833. The Balaban J connectivity index is 2.14. The van der Waals surface area contributed by atoms with Crippen molar-refractivity contribution in [1.82, 2.24) is 9.97 Å².